The van der Waals surface area contributed by atoms with Crippen molar-refractivity contribution in [1.82, 2.24) is 5.43 Å². The van der Waals surface area contributed by atoms with Gasteiger partial charge in [0.2, 0.25) is 0 Å². The topological polar surface area (TPSA) is 67.7 Å². The van der Waals surface area contributed by atoms with Crippen LogP contribution in [0.25, 0.3) is 0 Å². The molecule has 0 unspecified atom stereocenters. The molecule has 138 valence electrons. The first kappa shape index (κ1) is 21.3. The maximum absolute atomic E-state index is 13.0. The molecule has 0 aromatic heterocycles. The van der Waals surface area contributed by atoms with Crippen molar-refractivity contribution >= 4 is 17.5 Å². The van der Waals surface area contributed by atoms with Gasteiger partial charge < -0.3 is 12.4 Å². The van der Waals surface area contributed by atoms with Gasteiger partial charge in [0.05, 0.1) is 20.5 Å². The predicted molar refractivity (Wildman–Crippen MR) is 91.2 cm³/mol. The number of Topliss-reactive ketones (excluding diaryl/α,β-unsaturated/α-hetero) is 2. The van der Waals surface area contributed by atoms with Crippen LogP contribution in [0.1, 0.15) is 38.7 Å². The van der Waals surface area contributed by atoms with Crippen molar-refractivity contribution in [3.05, 3.63) is 35.9 Å². The number of hydrogen-bond acceptors (Lipinski definition) is 3. The monoisotopic (exact) mass is 366 g/mol. The molecule has 0 aliphatic heterocycles. The van der Waals surface area contributed by atoms with Gasteiger partial charge >= 0.3 is 0 Å². The summed E-state index contributed by atoms with van der Waals surface area (Å²) in [7, 11) is 3.57. The summed E-state index contributed by atoms with van der Waals surface area (Å²) < 4.78 is 0. The average Bonchev–Trinajstić information content (AvgIpc) is 2.44. The Labute approximate surface area is 155 Å². The van der Waals surface area contributed by atoms with Crippen LogP contribution < -0.4 is 22.8 Å². The molecule has 2 rings (SSSR count). The maximum atomic E-state index is 13.0. The van der Waals surface area contributed by atoms with Gasteiger partial charge in [0.15, 0.2) is 0 Å². The second-order valence-corrected chi connectivity index (χ2v) is 7.83. The number of carbonyl (C=O) groups excluding carboxylic acids is 3. The predicted octanol–water partition coefficient (Wildman–Crippen LogP) is -2.26. The smallest absolute Gasteiger partial charge is 0.266 e. The van der Waals surface area contributed by atoms with Crippen LogP contribution in [-0.2, 0) is 20.8 Å². The molecule has 1 fully saturated rings. The van der Waals surface area contributed by atoms with Crippen LogP contribution in [0.15, 0.2) is 30.3 Å². The summed E-state index contributed by atoms with van der Waals surface area (Å²) in [6, 6.07) is 9.46. The lowest BCUT2D eigenvalue weighted by molar-refractivity contribution is -0.896. The summed E-state index contributed by atoms with van der Waals surface area (Å²) in [5.74, 6) is -0.500. The highest BCUT2D eigenvalue weighted by Gasteiger charge is 2.52. The van der Waals surface area contributed by atoms with E-state index in [1.165, 1.54) is 0 Å². The lowest BCUT2D eigenvalue weighted by atomic mass is 9.60. The molecule has 0 spiro atoms. The van der Waals surface area contributed by atoms with Crippen molar-refractivity contribution in [3.63, 3.8) is 0 Å². The number of carbonyl (C=O) groups is 3. The number of amides is 1. The van der Waals surface area contributed by atoms with Gasteiger partial charge in [0.25, 0.3) is 5.91 Å². The lowest BCUT2D eigenvalue weighted by Crippen LogP contribution is -3.13. The van der Waals surface area contributed by atoms with Crippen LogP contribution in [0.3, 0.4) is 0 Å². The highest BCUT2D eigenvalue weighted by Crippen LogP contribution is 2.44. The number of ketones is 2. The van der Waals surface area contributed by atoms with Crippen molar-refractivity contribution < 1.29 is 31.8 Å². The standard InChI is InChI=1S/C19H26N2O3.ClH/c1-18(2)11-15(22)19(16(23)12-18,13-17(24)20-21(3)4)10-14-8-6-5-7-9-14;/h5-9H,10-13H2,1-4H3,(H,20,24);1H. The Morgan fingerprint density at radius 2 is 1.60 bits per heavy atom. The number of hydrogen-bond donors (Lipinski definition) is 2. The Morgan fingerprint density at radius 1 is 1.08 bits per heavy atom. The summed E-state index contributed by atoms with van der Waals surface area (Å²) >= 11 is 0. The molecule has 0 radical (unpaired) electrons. The first-order chi connectivity index (χ1) is 11.1. The van der Waals surface area contributed by atoms with E-state index >= 15 is 0 Å². The third-order valence-corrected chi connectivity index (χ3v) is 4.55. The Balaban J connectivity index is 0.00000312. The molecule has 1 aliphatic carbocycles. The van der Waals surface area contributed by atoms with Gasteiger partial charge in [-0.05, 0) is 17.4 Å². The fraction of sp³-hybridized carbons (Fsp3) is 0.526. The zero-order valence-corrected chi connectivity index (χ0v) is 16.1. The van der Waals surface area contributed by atoms with Crippen molar-refractivity contribution in [1.29, 1.82) is 0 Å². The van der Waals surface area contributed by atoms with E-state index in [1.54, 1.807) is 14.1 Å². The zero-order chi connectivity index (χ0) is 18.0. The van der Waals surface area contributed by atoms with E-state index in [0.29, 0.717) is 12.8 Å². The Morgan fingerprint density at radius 3 is 2.08 bits per heavy atom. The molecular weight excluding hydrogens is 340 g/mol. The summed E-state index contributed by atoms with van der Waals surface area (Å²) in [4.78, 5) is 38.3. The van der Waals surface area contributed by atoms with Crippen LogP contribution in [0, 0.1) is 10.8 Å². The molecule has 1 aromatic rings. The van der Waals surface area contributed by atoms with E-state index in [2.05, 4.69) is 5.43 Å². The van der Waals surface area contributed by atoms with Gasteiger partial charge in [0.1, 0.15) is 17.0 Å². The number of halogens is 1. The molecule has 1 saturated carbocycles. The van der Waals surface area contributed by atoms with Crippen LogP contribution >= 0.6 is 0 Å². The highest BCUT2D eigenvalue weighted by molar-refractivity contribution is 6.12. The van der Waals surface area contributed by atoms with Crippen LogP contribution in [0.2, 0.25) is 0 Å². The first-order valence-corrected chi connectivity index (χ1v) is 8.35. The number of nitrogens with one attached hydrogen (secondary N) is 2. The summed E-state index contributed by atoms with van der Waals surface area (Å²) in [6.07, 6.45) is 0.861. The maximum Gasteiger partial charge on any atom is 0.266 e. The largest absolute Gasteiger partial charge is 1.00 e. The first-order valence-electron chi connectivity index (χ1n) is 8.35. The van der Waals surface area contributed by atoms with Crippen LogP contribution in [0.4, 0.5) is 0 Å². The molecule has 0 atom stereocenters. The van der Waals surface area contributed by atoms with Gasteiger partial charge in [-0.3, -0.25) is 14.4 Å². The summed E-state index contributed by atoms with van der Waals surface area (Å²) in [5.41, 5.74) is 2.07. The number of rotatable bonds is 5. The number of benzene rings is 1. The van der Waals surface area contributed by atoms with E-state index in [1.807, 2.05) is 44.2 Å². The second-order valence-electron chi connectivity index (χ2n) is 7.83. The van der Waals surface area contributed by atoms with Gasteiger partial charge in [-0.15, -0.1) is 0 Å². The molecule has 5 nitrogen and oxygen atoms in total. The van der Waals surface area contributed by atoms with Crippen molar-refractivity contribution in [2.45, 2.75) is 39.5 Å². The molecular formula is C19H27ClN2O3. The van der Waals surface area contributed by atoms with Crippen LogP contribution in [0.5, 0.6) is 0 Å². The Kier molecular flexibility index (Phi) is 6.91. The van der Waals surface area contributed by atoms with Crippen molar-refractivity contribution in [3.8, 4) is 0 Å². The lowest BCUT2D eigenvalue weighted by Gasteiger charge is -2.40. The molecule has 0 bridgehead atoms. The minimum absolute atomic E-state index is 0. The molecule has 1 amide bonds. The van der Waals surface area contributed by atoms with E-state index in [-0.39, 0.29) is 48.1 Å². The summed E-state index contributed by atoms with van der Waals surface area (Å²) in [6.45, 7) is 3.86. The van der Waals surface area contributed by atoms with Gasteiger partial charge in [-0.1, -0.05) is 44.2 Å². The quantitative estimate of drug-likeness (QED) is 0.457. The van der Waals surface area contributed by atoms with Gasteiger partial charge in [-0.25, -0.2) is 10.4 Å². The zero-order valence-electron chi connectivity index (χ0n) is 15.3. The van der Waals surface area contributed by atoms with Crippen molar-refractivity contribution in [2.75, 3.05) is 14.1 Å². The molecule has 0 heterocycles. The van der Waals surface area contributed by atoms with Gasteiger partial charge in [0, 0.05) is 12.8 Å². The highest BCUT2D eigenvalue weighted by atomic mass is 35.5. The number of quaternary nitrogens is 1. The molecule has 25 heavy (non-hydrogen) atoms. The van der Waals surface area contributed by atoms with E-state index in [4.69, 9.17) is 0 Å². The van der Waals surface area contributed by atoms with Crippen molar-refractivity contribution in [2.24, 2.45) is 10.8 Å². The molecule has 1 aromatic carbocycles. The van der Waals surface area contributed by atoms with E-state index in [9.17, 15) is 14.4 Å². The minimum atomic E-state index is -1.24. The molecule has 6 heteroatoms. The molecule has 2 N–H and O–H groups in total. The Bertz CT molecular complexity index is 621. The fourth-order valence-corrected chi connectivity index (χ4v) is 3.42. The fourth-order valence-electron chi connectivity index (χ4n) is 3.42. The SMILES string of the molecule is C[NH+](C)NC(=O)CC1(Cc2ccccc2)C(=O)CC(C)(C)CC1=O.[Cl-]. The normalized spacial score (nSPS) is 18.6. The van der Waals surface area contributed by atoms with Gasteiger partial charge in [-0.2, -0.15) is 0 Å². The molecule has 0 saturated heterocycles. The van der Waals surface area contributed by atoms with E-state index in [0.717, 1.165) is 10.6 Å². The average molecular weight is 367 g/mol. The Hall–Kier alpha value is -1.72. The third kappa shape index (κ3) is 5.13. The summed E-state index contributed by atoms with van der Waals surface area (Å²) in [5, 5.41) is 0.755. The van der Waals surface area contributed by atoms with Crippen LogP contribution in [-0.4, -0.2) is 31.6 Å². The van der Waals surface area contributed by atoms with E-state index < -0.39 is 5.41 Å². The minimum Gasteiger partial charge on any atom is -1.00 e. The third-order valence-electron chi connectivity index (χ3n) is 4.55. The second kappa shape index (κ2) is 8.11. The molecule has 1 aliphatic rings.